The highest BCUT2D eigenvalue weighted by Crippen LogP contribution is 2.36. The van der Waals surface area contributed by atoms with Gasteiger partial charge < -0.3 is 10.7 Å². The van der Waals surface area contributed by atoms with Crippen molar-refractivity contribution in [2.24, 2.45) is 11.3 Å². The molecule has 1 aromatic rings. The Balaban J connectivity index is 1.94. The molecule has 0 atom stereocenters. The van der Waals surface area contributed by atoms with Crippen LogP contribution in [0, 0.1) is 5.41 Å². The second-order valence-corrected chi connectivity index (χ2v) is 5.27. The third kappa shape index (κ3) is 2.98. The summed E-state index contributed by atoms with van der Waals surface area (Å²) < 4.78 is 0. The molecule has 0 saturated heterocycles. The SMILES string of the molecule is CC1(CNC(=O)c2cc(NN)ccn2)CCCC1. The van der Waals surface area contributed by atoms with Crippen LogP contribution in [0.1, 0.15) is 43.1 Å². The maximum Gasteiger partial charge on any atom is 0.269 e. The van der Waals surface area contributed by atoms with Gasteiger partial charge in [-0.15, -0.1) is 0 Å². The van der Waals surface area contributed by atoms with Gasteiger partial charge in [0, 0.05) is 12.7 Å². The number of carbonyl (C=O) groups is 1. The molecular weight excluding hydrogens is 228 g/mol. The molecule has 5 nitrogen and oxygen atoms in total. The first-order valence-corrected chi connectivity index (χ1v) is 6.34. The van der Waals surface area contributed by atoms with Gasteiger partial charge in [0.1, 0.15) is 5.69 Å². The number of hydrazine groups is 1. The fraction of sp³-hybridized carbons (Fsp3) is 0.538. The van der Waals surface area contributed by atoms with Gasteiger partial charge in [0.25, 0.3) is 5.91 Å². The van der Waals surface area contributed by atoms with E-state index in [1.165, 1.54) is 25.7 Å². The lowest BCUT2D eigenvalue weighted by atomic mass is 9.89. The molecule has 1 aliphatic carbocycles. The van der Waals surface area contributed by atoms with E-state index >= 15 is 0 Å². The number of carbonyl (C=O) groups excluding carboxylic acids is 1. The normalized spacial score (nSPS) is 17.4. The molecule has 0 radical (unpaired) electrons. The molecular formula is C13H20N4O. The van der Waals surface area contributed by atoms with E-state index in [4.69, 9.17) is 5.84 Å². The molecule has 2 rings (SSSR count). The molecule has 0 unspecified atom stereocenters. The van der Waals surface area contributed by atoms with Crippen LogP contribution in [0.2, 0.25) is 0 Å². The minimum Gasteiger partial charge on any atom is -0.350 e. The van der Waals surface area contributed by atoms with Crippen molar-refractivity contribution in [2.75, 3.05) is 12.0 Å². The summed E-state index contributed by atoms with van der Waals surface area (Å²) in [7, 11) is 0. The number of anilines is 1. The number of rotatable bonds is 4. The molecule has 1 heterocycles. The molecule has 5 heteroatoms. The van der Waals surface area contributed by atoms with Crippen molar-refractivity contribution in [3.63, 3.8) is 0 Å². The van der Waals surface area contributed by atoms with Gasteiger partial charge in [0.05, 0.1) is 5.69 Å². The first kappa shape index (κ1) is 12.8. The highest BCUT2D eigenvalue weighted by Gasteiger charge is 2.29. The Morgan fingerprint density at radius 2 is 2.22 bits per heavy atom. The van der Waals surface area contributed by atoms with Crippen LogP contribution in [0.25, 0.3) is 0 Å². The van der Waals surface area contributed by atoms with Crippen molar-refractivity contribution in [1.82, 2.24) is 10.3 Å². The molecule has 1 aromatic heterocycles. The third-order valence-electron chi connectivity index (χ3n) is 3.65. The van der Waals surface area contributed by atoms with Gasteiger partial charge in [-0.1, -0.05) is 19.8 Å². The zero-order chi connectivity index (χ0) is 13.0. The summed E-state index contributed by atoms with van der Waals surface area (Å²) >= 11 is 0. The fourth-order valence-electron chi connectivity index (χ4n) is 2.43. The Morgan fingerprint density at radius 1 is 1.50 bits per heavy atom. The summed E-state index contributed by atoms with van der Waals surface area (Å²) in [6.07, 6.45) is 6.46. The van der Waals surface area contributed by atoms with Crippen LogP contribution in [-0.2, 0) is 0 Å². The Labute approximate surface area is 107 Å². The number of nitrogens with one attached hydrogen (secondary N) is 2. The summed E-state index contributed by atoms with van der Waals surface area (Å²) in [6.45, 7) is 2.94. The summed E-state index contributed by atoms with van der Waals surface area (Å²) in [4.78, 5) is 16.0. The van der Waals surface area contributed by atoms with Crippen LogP contribution in [0.5, 0.6) is 0 Å². The maximum atomic E-state index is 12.0. The summed E-state index contributed by atoms with van der Waals surface area (Å²) in [5.41, 5.74) is 3.83. The average Bonchev–Trinajstić information content (AvgIpc) is 2.83. The summed E-state index contributed by atoms with van der Waals surface area (Å²) in [5, 5.41) is 2.96. The van der Waals surface area contributed by atoms with Crippen LogP contribution in [0.15, 0.2) is 18.3 Å². The van der Waals surface area contributed by atoms with Crippen molar-refractivity contribution >= 4 is 11.6 Å². The number of nitrogen functional groups attached to an aromatic ring is 1. The van der Waals surface area contributed by atoms with Crippen LogP contribution in [0.3, 0.4) is 0 Å². The topological polar surface area (TPSA) is 80.0 Å². The standard InChI is InChI=1S/C13H20N4O/c1-13(5-2-3-6-13)9-16-12(18)11-8-10(17-14)4-7-15-11/h4,7-8H,2-3,5-6,9,14H2,1H3,(H,15,17)(H,16,18). The molecule has 1 saturated carbocycles. The predicted octanol–water partition coefficient (Wildman–Crippen LogP) is 1.68. The largest absolute Gasteiger partial charge is 0.350 e. The van der Waals surface area contributed by atoms with Crippen molar-refractivity contribution in [3.05, 3.63) is 24.0 Å². The van der Waals surface area contributed by atoms with Crippen molar-refractivity contribution in [2.45, 2.75) is 32.6 Å². The van der Waals surface area contributed by atoms with Crippen molar-refractivity contribution in [3.8, 4) is 0 Å². The Bertz CT molecular complexity index is 427. The molecule has 0 bridgehead atoms. The highest BCUT2D eigenvalue weighted by molar-refractivity contribution is 5.93. The molecule has 1 amide bonds. The van der Waals surface area contributed by atoms with Gasteiger partial charge in [0.2, 0.25) is 0 Å². The van der Waals surface area contributed by atoms with E-state index in [1.807, 2.05) is 0 Å². The number of hydrogen-bond donors (Lipinski definition) is 3. The molecule has 1 aliphatic rings. The maximum absolute atomic E-state index is 12.0. The van der Waals surface area contributed by atoms with E-state index < -0.39 is 0 Å². The Kier molecular flexibility index (Phi) is 3.81. The van der Waals surface area contributed by atoms with Gasteiger partial charge in [-0.25, -0.2) is 0 Å². The molecule has 1 fully saturated rings. The number of pyridine rings is 1. The molecule has 0 aliphatic heterocycles. The zero-order valence-corrected chi connectivity index (χ0v) is 10.7. The fourth-order valence-corrected chi connectivity index (χ4v) is 2.43. The van der Waals surface area contributed by atoms with Crippen LogP contribution < -0.4 is 16.6 Å². The van der Waals surface area contributed by atoms with E-state index in [0.29, 0.717) is 17.9 Å². The van der Waals surface area contributed by atoms with Gasteiger partial charge in [-0.3, -0.25) is 15.6 Å². The number of hydrogen-bond acceptors (Lipinski definition) is 4. The number of nitrogens with zero attached hydrogens (tertiary/aromatic N) is 1. The van der Waals surface area contributed by atoms with E-state index in [2.05, 4.69) is 22.7 Å². The van der Waals surface area contributed by atoms with E-state index in [9.17, 15) is 4.79 Å². The first-order chi connectivity index (χ1) is 8.63. The van der Waals surface area contributed by atoms with Crippen LogP contribution in [0.4, 0.5) is 5.69 Å². The summed E-state index contributed by atoms with van der Waals surface area (Å²) in [5.74, 6) is 5.17. The average molecular weight is 248 g/mol. The molecule has 4 N–H and O–H groups in total. The molecule has 0 aromatic carbocycles. The second kappa shape index (κ2) is 5.35. The number of amides is 1. The lowest BCUT2D eigenvalue weighted by Crippen LogP contribution is -2.34. The van der Waals surface area contributed by atoms with Crippen LogP contribution >= 0.6 is 0 Å². The monoisotopic (exact) mass is 248 g/mol. The molecule has 0 spiro atoms. The van der Waals surface area contributed by atoms with Gasteiger partial charge >= 0.3 is 0 Å². The van der Waals surface area contributed by atoms with Crippen molar-refractivity contribution in [1.29, 1.82) is 0 Å². The van der Waals surface area contributed by atoms with Gasteiger partial charge in [0.15, 0.2) is 0 Å². The minimum atomic E-state index is -0.139. The van der Waals surface area contributed by atoms with E-state index in [-0.39, 0.29) is 11.3 Å². The zero-order valence-electron chi connectivity index (χ0n) is 10.7. The van der Waals surface area contributed by atoms with Crippen LogP contribution in [-0.4, -0.2) is 17.4 Å². The lowest BCUT2D eigenvalue weighted by molar-refractivity contribution is 0.0929. The number of nitrogens with two attached hydrogens (primary N) is 1. The second-order valence-electron chi connectivity index (χ2n) is 5.27. The Morgan fingerprint density at radius 3 is 2.89 bits per heavy atom. The number of aromatic nitrogens is 1. The molecule has 98 valence electrons. The van der Waals surface area contributed by atoms with E-state index in [1.54, 1.807) is 18.3 Å². The van der Waals surface area contributed by atoms with Gasteiger partial charge in [-0.05, 0) is 30.4 Å². The minimum absolute atomic E-state index is 0.139. The van der Waals surface area contributed by atoms with Gasteiger partial charge in [-0.2, -0.15) is 0 Å². The first-order valence-electron chi connectivity index (χ1n) is 6.34. The Hall–Kier alpha value is -1.62. The third-order valence-corrected chi connectivity index (χ3v) is 3.65. The smallest absolute Gasteiger partial charge is 0.269 e. The van der Waals surface area contributed by atoms with Crippen molar-refractivity contribution < 1.29 is 4.79 Å². The predicted molar refractivity (Wildman–Crippen MR) is 71.0 cm³/mol. The highest BCUT2D eigenvalue weighted by atomic mass is 16.1. The molecule has 18 heavy (non-hydrogen) atoms. The summed E-state index contributed by atoms with van der Waals surface area (Å²) in [6, 6.07) is 3.36. The quantitative estimate of drug-likeness (QED) is 0.559. The lowest BCUT2D eigenvalue weighted by Gasteiger charge is -2.23. The van der Waals surface area contributed by atoms with E-state index in [0.717, 1.165) is 0 Å².